The van der Waals surface area contributed by atoms with Crippen molar-refractivity contribution in [2.75, 3.05) is 5.32 Å². The summed E-state index contributed by atoms with van der Waals surface area (Å²) in [5.41, 5.74) is 8.62. The fourth-order valence-electron chi connectivity index (χ4n) is 3.76. The van der Waals surface area contributed by atoms with Gasteiger partial charge in [0, 0.05) is 29.8 Å². The predicted octanol–water partition coefficient (Wildman–Crippen LogP) is 4.85. The van der Waals surface area contributed by atoms with Crippen LogP contribution in [0, 0.1) is 13.8 Å². The number of benzene rings is 2. The largest absolute Gasteiger partial charge is 0.455 e. The van der Waals surface area contributed by atoms with Crippen molar-refractivity contribution in [3.05, 3.63) is 88.4 Å². The predicted molar refractivity (Wildman–Crippen MR) is 131 cm³/mol. The first kappa shape index (κ1) is 21.8. The summed E-state index contributed by atoms with van der Waals surface area (Å²) in [4.78, 5) is 12.8. The summed E-state index contributed by atoms with van der Waals surface area (Å²) in [6.07, 6.45) is 2.48. The van der Waals surface area contributed by atoms with Crippen LogP contribution in [0.25, 0.3) is 0 Å². The lowest BCUT2D eigenvalue weighted by atomic mass is 9.93. The Morgan fingerprint density at radius 2 is 1.81 bits per heavy atom. The summed E-state index contributed by atoms with van der Waals surface area (Å²) in [5.74, 6) is 0.935. The van der Waals surface area contributed by atoms with Crippen molar-refractivity contribution in [1.29, 1.82) is 0 Å². The lowest BCUT2D eigenvalue weighted by Gasteiger charge is -2.14. The molecule has 7 heteroatoms. The number of aryl methyl sites for hydroxylation is 2. The Hall–Kier alpha value is -3.45. The van der Waals surface area contributed by atoms with Crippen LogP contribution in [-0.2, 0) is 13.0 Å². The van der Waals surface area contributed by atoms with Crippen LogP contribution >= 0.6 is 12.2 Å². The highest BCUT2D eigenvalue weighted by Crippen LogP contribution is 2.30. The Bertz CT molecular complexity index is 1150. The molecule has 0 radical (unpaired) electrons. The number of hydrazone groups is 1. The van der Waals surface area contributed by atoms with E-state index in [0.29, 0.717) is 17.4 Å². The molecule has 1 aliphatic rings. The summed E-state index contributed by atoms with van der Waals surface area (Å²) < 4.78 is 5.97. The van der Waals surface area contributed by atoms with Gasteiger partial charge in [0.15, 0.2) is 10.9 Å². The molecule has 1 aliphatic carbocycles. The van der Waals surface area contributed by atoms with Crippen molar-refractivity contribution in [2.24, 2.45) is 5.10 Å². The van der Waals surface area contributed by atoms with Gasteiger partial charge in [-0.25, -0.2) is 0 Å². The van der Waals surface area contributed by atoms with Crippen LogP contribution in [0.2, 0.25) is 0 Å². The van der Waals surface area contributed by atoms with Gasteiger partial charge in [-0.2, -0.15) is 5.10 Å². The zero-order valence-corrected chi connectivity index (χ0v) is 19.0. The zero-order chi connectivity index (χ0) is 22.5. The van der Waals surface area contributed by atoms with Gasteiger partial charge in [-0.3, -0.25) is 10.2 Å². The first-order valence-electron chi connectivity index (χ1n) is 10.7. The molecular weight excluding hydrogens is 420 g/mol. The molecule has 3 aromatic rings. The van der Waals surface area contributed by atoms with Gasteiger partial charge in [-0.1, -0.05) is 48.0 Å². The van der Waals surface area contributed by atoms with Crippen molar-refractivity contribution in [2.45, 2.75) is 39.7 Å². The van der Waals surface area contributed by atoms with Crippen LogP contribution in [0.5, 0.6) is 0 Å². The van der Waals surface area contributed by atoms with E-state index in [4.69, 9.17) is 16.6 Å². The van der Waals surface area contributed by atoms with Crippen LogP contribution in [0.4, 0.5) is 5.69 Å². The van der Waals surface area contributed by atoms with Gasteiger partial charge in [0.05, 0.1) is 5.71 Å². The monoisotopic (exact) mass is 446 g/mol. The van der Waals surface area contributed by atoms with E-state index >= 15 is 0 Å². The van der Waals surface area contributed by atoms with Crippen LogP contribution < -0.4 is 16.1 Å². The van der Waals surface area contributed by atoms with Crippen LogP contribution in [0.1, 0.15) is 51.4 Å². The van der Waals surface area contributed by atoms with E-state index in [2.05, 4.69) is 21.2 Å². The minimum atomic E-state index is -0.217. The molecule has 32 heavy (non-hydrogen) atoms. The highest BCUT2D eigenvalue weighted by Gasteiger charge is 2.27. The number of amides is 1. The van der Waals surface area contributed by atoms with Gasteiger partial charge in [0.1, 0.15) is 5.76 Å². The standard InChI is InChI=1S/C25H26N4O2S/c1-16-11-13-18(14-12-16)15-26-24(30)23-17(2)22-20(9-6-10-21(22)31-23)28-29-25(32)27-19-7-4-3-5-8-19/h3-5,7-8,11-14H,6,9-10,15H2,1-2H3,(H,26,30)(H2,27,29,32)/b28-20+. The Kier molecular flexibility index (Phi) is 6.66. The number of fused-ring (bicyclic) bond motifs is 1. The van der Waals surface area contributed by atoms with E-state index in [1.807, 2.05) is 68.4 Å². The number of hydrogen-bond donors (Lipinski definition) is 3. The molecular formula is C25H26N4O2S. The Morgan fingerprint density at radius 3 is 2.56 bits per heavy atom. The summed E-state index contributed by atoms with van der Waals surface area (Å²) in [6.45, 7) is 4.40. The number of carbonyl (C=O) groups excluding carboxylic acids is 1. The number of furan rings is 1. The first-order valence-corrected chi connectivity index (χ1v) is 11.1. The number of para-hydroxylation sites is 1. The van der Waals surface area contributed by atoms with Gasteiger partial charge < -0.3 is 15.1 Å². The molecule has 1 amide bonds. The second-order valence-electron chi connectivity index (χ2n) is 7.87. The fraction of sp³-hybridized carbons (Fsp3) is 0.240. The maximum Gasteiger partial charge on any atom is 0.287 e. The molecule has 1 aromatic heterocycles. The summed E-state index contributed by atoms with van der Waals surface area (Å²) >= 11 is 5.35. The van der Waals surface area contributed by atoms with Gasteiger partial charge in [-0.05, 0) is 56.6 Å². The number of nitrogens with one attached hydrogen (secondary N) is 3. The third kappa shape index (κ3) is 5.06. The Morgan fingerprint density at radius 1 is 1.06 bits per heavy atom. The number of rotatable bonds is 5. The maximum absolute atomic E-state index is 12.8. The molecule has 0 spiro atoms. The SMILES string of the molecule is Cc1ccc(CNC(=O)c2oc3c(c2C)/C(=N/NC(=S)Nc2ccccc2)CCC3)cc1. The molecule has 4 rings (SSSR count). The Labute approximate surface area is 193 Å². The summed E-state index contributed by atoms with van der Waals surface area (Å²) in [7, 11) is 0. The fourth-order valence-corrected chi connectivity index (χ4v) is 3.93. The summed E-state index contributed by atoms with van der Waals surface area (Å²) in [6, 6.07) is 17.8. The third-order valence-corrected chi connectivity index (χ3v) is 5.62. The van der Waals surface area contributed by atoms with Crippen molar-refractivity contribution in [3.8, 4) is 0 Å². The van der Waals surface area contributed by atoms with E-state index in [0.717, 1.165) is 53.1 Å². The molecule has 0 saturated carbocycles. The number of anilines is 1. The molecule has 1 heterocycles. The third-order valence-electron chi connectivity index (χ3n) is 5.43. The molecule has 6 nitrogen and oxygen atoms in total. The normalized spacial score (nSPS) is 14.0. The molecule has 0 atom stereocenters. The minimum Gasteiger partial charge on any atom is -0.455 e. The van der Waals surface area contributed by atoms with E-state index in [-0.39, 0.29) is 5.91 Å². The number of thiocarbonyl (C=S) groups is 1. The average molecular weight is 447 g/mol. The number of hydrogen-bond acceptors (Lipinski definition) is 4. The van der Waals surface area contributed by atoms with Gasteiger partial charge in [-0.15, -0.1) is 0 Å². The van der Waals surface area contributed by atoms with E-state index in [1.54, 1.807) is 0 Å². The molecule has 0 fully saturated rings. The van der Waals surface area contributed by atoms with E-state index in [1.165, 1.54) is 5.56 Å². The van der Waals surface area contributed by atoms with E-state index in [9.17, 15) is 4.79 Å². The van der Waals surface area contributed by atoms with Crippen LogP contribution in [0.15, 0.2) is 64.1 Å². The van der Waals surface area contributed by atoms with Crippen molar-refractivity contribution in [1.82, 2.24) is 10.7 Å². The first-order chi connectivity index (χ1) is 15.5. The summed E-state index contributed by atoms with van der Waals surface area (Å²) in [5, 5.41) is 11.0. The number of nitrogens with zero attached hydrogens (tertiary/aromatic N) is 1. The molecule has 0 aliphatic heterocycles. The van der Waals surface area contributed by atoms with Gasteiger partial charge in [0.25, 0.3) is 5.91 Å². The van der Waals surface area contributed by atoms with E-state index < -0.39 is 0 Å². The molecule has 3 N–H and O–H groups in total. The quantitative estimate of drug-likeness (QED) is 0.386. The maximum atomic E-state index is 12.8. The molecule has 0 bridgehead atoms. The Balaban J connectivity index is 1.45. The van der Waals surface area contributed by atoms with Crippen molar-refractivity contribution < 1.29 is 9.21 Å². The second kappa shape index (κ2) is 9.78. The van der Waals surface area contributed by atoms with Crippen LogP contribution in [0.3, 0.4) is 0 Å². The molecule has 0 saturated heterocycles. The second-order valence-corrected chi connectivity index (χ2v) is 8.27. The van der Waals surface area contributed by atoms with Gasteiger partial charge in [0.2, 0.25) is 0 Å². The molecule has 0 unspecified atom stereocenters. The van der Waals surface area contributed by atoms with Crippen LogP contribution in [-0.4, -0.2) is 16.7 Å². The molecule has 2 aromatic carbocycles. The lowest BCUT2D eigenvalue weighted by Crippen LogP contribution is -2.26. The minimum absolute atomic E-state index is 0.217. The highest BCUT2D eigenvalue weighted by atomic mass is 32.1. The topological polar surface area (TPSA) is 78.7 Å². The number of carbonyl (C=O) groups is 1. The van der Waals surface area contributed by atoms with Crippen molar-refractivity contribution in [3.63, 3.8) is 0 Å². The lowest BCUT2D eigenvalue weighted by molar-refractivity contribution is 0.0920. The van der Waals surface area contributed by atoms with Crippen molar-refractivity contribution >= 4 is 34.6 Å². The average Bonchev–Trinajstić information content (AvgIpc) is 3.15. The highest BCUT2D eigenvalue weighted by molar-refractivity contribution is 7.80. The zero-order valence-electron chi connectivity index (χ0n) is 18.2. The van der Waals surface area contributed by atoms with Gasteiger partial charge >= 0.3 is 0 Å². The molecule has 164 valence electrons. The smallest absolute Gasteiger partial charge is 0.287 e.